The molecular weight excluding hydrogens is 304 g/mol. The Bertz CT molecular complexity index is 845. The molecule has 7 nitrogen and oxygen atoms in total. The van der Waals surface area contributed by atoms with Gasteiger partial charge in [0.05, 0.1) is 24.4 Å². The smallest absolute Gasteiger partial charge is 0.154 e. The van der Waals surface area contributed by atoms with E-state index in [1.54, 1.807) is 12.4 Å². The molecule has 0 unspecified atom stereocenters. The van der Waals surface area contributed by atoms with Crippen molar-refractivity contribution >= 4 is 22.7 Å². The topological polar surface area (TPSA) is 76.1 Å². The number of aromatic nitrogens is 4. The Balaban J connectivity index is 1.69. The molecule has 0 amide bonds. The Kier molecular flexibility index (Phi) is 3.92. The number of morpholine rings is 1. The molecule has 0 aromatic carbocycles. The first-order chi connectivity index (χ1) is 11.8. The van der Waals surface area contributed by atoms with Gasteiger partial charge in [0.1, 0.15) is 11.3 Å². The Morgan fingerprint density at radius 2 is 1.92 bits per heavy atom. The number of anilines is 2. The molecule has 0 atom stereocenters. The second-order valence-electron chi connectivity index (χ2n) is 5.53. The van der Waals surface area contributed by atoms with Crippen molar-refractivity contribution in [2.24, 2.45) is 0 Å². The summed E-state index contributed by atoms with van der Waals surface area (Å²) in [6.07, 6.45) is 5.21. The van der Waals surface area contributed by atoms with Crippen LogP contribution in [0.15, 0.2) is 36.8 Å². The molecular formula is C17H18N6O. The largest absolute Gasteiger partial charge is 0.378 e. The van der Waals surface area contributed by atoms with Gasteiger partial charge < -0.3 is 15.0 Å². The first-order valence-electron chi connectivity index (χ1n) is 7.94. The zero-order valence-corrected chi connectivity index (χ0v) is 13.4. The fourth-order valence-electron chi connectivity index (χ4n) is 2.81. The summed E-state index contributed by atoms with van der Waals surface area (Å²) in [4.78, 5) is 20.2. The molecule has 0 spiro atoms. The second kappa shape index (κ2) is 6.37. The van der Waals surface area contributed by atoms with Crippen molar-refractivity contribution in [3.05, 3.63) is 36.8 Å². The van der Waals surface area contributed by atoms with Crippen molar-refractivity contribution in [3.63, 3.8) is 0 Å². The Morgan fingerprint density at radius 3 is 2.67 bits per heavy atom. The van der Waals surface area contributed by atoms with Gasteiger partial charge in [-0.3, -0.25) is 4.98 Å². The monoisotopic (exact) mass is 322 g/mol. The maximum absolute atomic E-state index is 5.38. The lowest BCUT2D eigenvalue weighted by molar-refractivity contribution is 0.122. The van der Waals surface area contributed by atoms with Crippen molar-refractivity contribution in [3.8, 4) is 11.3 Å². The minimum Gasteiger partial charge on any atom is -0.378 e. The summed E-state index contributed by atoms with van der Waals surface area (Å²) in [6.45, 7) is 3.25. The van der Waals surface area contributed by atoms with Gasteiger partial charge in [-0.25, -0.2) is 15.0 Å². The van der Waals surface area contributed by atoms with E-state index in [1.807, 2.05) is 31.4 Å². The third-order valence-corrected chi connectivity index (χ3v) is 4.07. The minimum absolute atomic E-state index is 0.716. The van der Waals surface area contributed by atoms with E-state index in [4.69, 9.17) is 4.74 Å². The van der Waals surface area contributed by atoms with Gasteiger partial charge in [0.2, 0.25) is 0 Å². The Labute approximate surface area is 139 Å². The molecule has 0 radical (unpaired) electrons. The van der Waals surface area contributed by atoms with E-state index >= 15 is 0 Å². The van der Waals surface area contributed by atoms with E-state index < -0.39 is 0 Å². The summed E-state index contributed by atoms with van der Waals surface area (Å²) in [5, 5.41) is 3.09. The molecule has 0 bridgehead atoms. The maximum atomic E-state index is 5.38. The van der Waals surface area contributed by atoms with Crippen LogP contribution in [0.4, 0.5) is 11.6 Å². The van der Waals surface area contributed by atoms with Crippen molar-refractivity contribution in [2.75, 3.05) is 43.6 Å². The Hall–Kier alpha value is -2.80. The van der Waals surface area contributed by atoms with E-state index in [0.717, 1.165) is 54.4 Å². The quantitative estimate of drug-likeness (QED) is 0.790. The highest BCUT2D eigenvalue weighted by molar-refractivity contribution is 5.88. The summed E-state index contributed by atoms with van der Waals surface area (Å²) in [6, 6.07) is 6.01. The number of nitrogens with one attached hydrogen (secondary N) is 1. The lowest BCUT2D eigenvalue weighted by Crippen LogP contribution is -2.36. The van der Waals surface area contributed by atoms with Crippen LogP contribution in [0, 0.1) is 0 Å². The third-order valence-electron chi connectivity index (χ3n) is 4.07. The molecule has 7 heteroatoms. The number of nitrogens with zero attached hydrogens (tertiary/aromatic N) is 5. The predicted octanol–water partition coefficient (Wildman–Crippen LogP) is 1.97. The van der Waals surface area contributed by atoms with Gasteiger partial charge in [-0.15, -0.1) is 0 Å². The summed E-state index contributed by atoms with van der Waals surface area (Å²) in [7, 11) is 1.83. The molecule has 3 aromatic heterocycles. The van der Waals surface area contributed by atoms with E-state index in [9.17, 15) is 0 Å². The van der Waals surface area contributed by atoms with E-state index in [-0.39, 0.29) is 0 Å². The highest BCUT2D eigenvalue weighted by atomic mass is 16.5. The predicted molar refractivity (Wildman–Crippen MR) is 93.1 cm³/mol. The zero-order chi connectivity index (χ0) is 16.4. The first kappa shape index (κ1) is 14.8. The number of hydrogen-bond donors (Lipinski definition) is 1. The van der Waals surface area contributed by atoms with E-state index in [2.05, 4.69) is 30.2 Å². The van der Waals surface area contributed by atoms with Gasteiger partial charge in [-0.1, -0.05) is 0 Å². The molecule has 1 aliphatic rings. The van der Waals surface area contributed by atoms with Crippen LogP contribution in [0.2, 0.25) is 0 Å². The number of rotatable bonds is 3. The van der Waals surface area contributed by atoms with Gasteiger partial charge in [0.25, 0.3) is 0 Å². The van der Waals surface area contributed by atoms with E-state index in [0.29, 0.717) is 5.82 Å². The summed E-state index contributed by atoms with van der Waals surface area (Å²) >= 11 is 0. The van der Waals surface area contributed by atoms with Crippen molar-refractivity contribution in [1.29, 1.82) is 0 Å². The van der Waals surface area contributed by atoms with Crippen molar-refractivity contribution < 1.29 is 4.74 Å². The standard InChI is InChI=1S/C17H18N6O/c1-18-17-16-14(19-4-5-20-16)10-13(22-17)12-2-3-15(21-11-12)23-6-8-24-9-7-23/h2-5,10-11H,6-9H2,1H3,(H,18,22). The minimum atomic E-state index is 0.716. The molecule has 1 aliphatic heterocycles. The second-order valence-corrected chi connectivity index (χ2v) is 5.53. The van der Waals surface area contributed by atoms with Gasteiger partial charge >= 0.3 is 0 Å². The SMILES string of the molecule is CNc1nc(-c2ccc(N3CCOCC3)nc2)cc2nccnc12. The molecule has 1 saturated heterocycles. The molecule has 0 saturated carbocycles. The fourth-order valence-corrected chi connectivity index (χ4v) is 2.81. The lowest BCUT2D eigenvalue weighted by atomic mass is 10.1. The zero-order valence-electron chi connectivity index (χ0n) is 13.4. The fraction of sp³-hybridized carbons (Fsp3) is 0.294. The molecule has 24 heavy (non-hydrogen) atoms. The average molecular weight is 322 g/mol. The highest BCUT2D eigenvalue weighted by Crippen LogP contribution is 2.25. The van der Waals surface area contributed by atoms with E-state index in [1.165, 1.54) is 0 Å². The molecule has 4 heterocycles. The van der Waals surface area contributed by atoms with Crippen LogP contribution < -0.4 is 10.2 Å². The Morgan fingerprint density at radius 1 is 1.08 bits per heavy atom. The number of fused-ring (bicyclic) bond motifs is 1. The number of pyridine rings is 2. The first-order valence-corrected chi connectivity index (χ1v) is 7.94. The molecule has 1 N–H and O–H groups in total. The van der Waals surface area contributed by atoms with Crippen LogP contribution in [-0.4, -0.2) is 53.3 Å². The van der Waals surface area contributed by atoms with Crippen LogP contribution in [0.5, 0.6) is 0 Å². The average Bonchev–Trinajstić information content (AvgIpc) is 2.68. The van der Waals surface area contributed by atoms with Crippen LogP contribution in [0.25, 0.3) is 22.3 Å². The number of hydrogen-bond acceptors (Lipinski definition) is 7. The van der Waals surface area contributed by atoms with Crippen LogP contribution in [0.1, 0.15) is 0 Å². The van der Waals surface area contributed by atoms with Gasteiger partial charge in [0.15, 0.2) is 5.82 Å². The molecule has 0 aliphatic carbocycles. The molecule has 4 rings (SSSR count). The summed E-state index contributed by atoms with van der Waals surface area (Å²) in [5.41, 5.74) is 3.36. The van der Waals surface area contributed by atoms with Crippen molar-refractivity contribution in [1.82, 2.24) is 19.9 Å². The lowest BCUT2D eigenvalue weighted by Gasteiger charge is -2.27. The number of ether oxygens (including phenoxy) is 1. The van der Waals surface area contributed by atoms with Crippen LogP contribution in [-0.2, 0) is 4.74 Å². The van der Waals surface area contributed by atoms with Crippen LogP contribution >= 0.6 is 0 Å². The summed E-state index contributed by atoms with van der Waals surface area (Å²) < 4.78 is 5.38. The van der Waals surface area contributed by atoms with Gasteiger partial charge in [-0.2, -0.15) is 0 Å². The highest BCUT2D eigenvalue weighted by Gasteiger charge is 2.13. The van der Waals surface area contributed by atoms with Crippen LogP contribution in [0.3, 0.4) is 0 Å². The van der Waals surface area contributed by atoms with Gasteiger partial charge in [-0.05, 0) is 18.2 Å². The summed E-state index contributed by atoms with van der Waals surface area (Å²) in [5.74, 6) is 1.68. The maximum Gasteiger partial charge on any atom is 0.154 e. The normalized spacial score (nSPS) is 14.8. The molecule has 1 fully saturated rings. The molecule has 3 aromatic rings. The molecule has 122 valence electrons. The third kappa shape index (κ3) is 2.74. The van der Waals surface area contributed by atoms with Crippen molar-refractivity contribution in [2.45, 2.75) is 0 Å². The van der Waals surface area contributed by atoms with Gasteiger partial charge in [0, 0.05) is 44.3 Å².